The van der Waals surface area contributed by atoms with E-state index in [0.717, 1.165) is 0 Å². The molecule has 0 spiro atoms. The smallest absolute Gasteiger partial charge is 0.262 e. The lowest BCUT2D eigenvalue weighted by molar-refractivity contribution is -0.117. The van der Waals surface area contributed by atoms with Gasteiger partial charge in [-0.15, -0.1) is 0 Å². The van der Waals surface area contributed by atoms with Crippen molar-refractivity contribution in [3.63, 3.8) is 0 Å². The van der Waals surface area contributed by atoms with Crippen LogP contribution in [0.5, 0.6) is 5.75 Å². The number of halogens is 1. The van der Waals surface area contributed by atoms with Gasteiger partial charge in [0, 0.05) is 10.7 Å². The zero-order valence-electron chi connectivity index (χ0n) is 13.2. The highest BCUT2D eigenvalue weighted by molar-refractivity contribution is 7.89. The van der Waals surface area contributed by atoms with Crippen molar-refractivity contribution >= 4 is 38.9 Å². The van der Waals surface area contributed by atoms with Crippen molar-refractivity contribution in [2.24, 2.45) is 0 Å². The van der Waals surface area contributed by atoms with Gasteiger partial charge in [0.15, 0.2) is 6.17 Å². The van der Waals surface area contributed by atoms with Crippen molar-refractivity contribution in [1.29, 1.82) is 0 Å². The number of nitrogens with one attached hydrogen (secondary N) is 3. The van der Waals surface area contributed by atoms with E-state index in [1.807, 2.05) is 6.92 Å². The van der Waals surface area contributed by atoms with Gasteiger partial charge in [0.25, 0.3) is 5.91 Å². The Kier molecular flexibility index (Phi) is 4.85. The molecule has 0 unspecified atom stereocenters. The first-order valence-electron chi connectivity index (χ1n) is 7.51. The summed E-state index contributed by atoms with van der Waals surface area (Å²) in [5.74, 6) is 0.149. The molecule has 2 aromatic carbocycles. The number of hydrogen-bond donors (Lipinski definition) is 3. The standard InChI is InChI=1S/C16H16ClN3O4S/c1-2-24-12-6-4-11(5-7-12)18-16(21)15-19-13-8-3-10(17)9-14(13)25(22,23)20-15/h3-9,15,19-20H,2H2,1H3,(H,18,21)/t15-/m0/s1. The van der Waals surface area contributed by atoms with Gasteiger partial charge in [-0.1, -0.05) is 11.6 Å². The topological polar surface area (TPSA) is 96.5 Å². The van der Waals surface area contributed by atoms with Crippen molar-refractivity contribution in [1.82, 2.24) is 4.72 Å². The molecule has 1 amide bonds. The summed E-state index contributed by atoms with van der Waals surface area (Å²) in [5, 5.41) is 5.79. The van der Waals surface area contributed by atoms with Gasteiger partial charge in [-0.05, 0) is 49.4 Å². The predicted molar refractivity (Wildman–Crippen MR) is 95.4 cm³/mol. The highest BCUT2D eigenvalue weighted by Crippen LogP contribution is 2.29. The third kappa shape index (κ3) is 3.87. The van der Waals surface area contributed by atoms with Gasteiger partial charge in [-0.25, -0.2) is 8.42 Å². The van der Waals surface area contributed by atoms with Crippen LogP contribution in [0.15, 0.2) is 47.4 Å². The van der Waals surface area contributed by atoms with Gasteiger partial charge in [0.2, 0.25) is 10.0 Å². The van der Waals surface area contributed by atoms with Crippen molar-refractivity contribution in [2.75, 3.05) is 17.2 Å². The average Bonchev–Trinajstić information content (AvgIpc) is 2.57. The third-order valence-corrected chi connectivity index (χ3v) is 5.20. The van der Waals surface area contributed by atoms with Gasteiger partial charge in [-0.2, -0.15) is 4.72 Å². The molecule has 132 valence electrons. The Morgan fingerprint density at radius 1 is 1.24 bits per heavy atom. The summed E-state index contributed by atoms with van der Waals surface area (Å²) < 4.78 is 32.2. The highest BCUT2D eigenvalue weighted by Gasteiger charge is 2.33. The number of carbonyl (C=O) groups excluding carboxylic acids is 1. The number of anilines is 2. The van der Waals surface area contributed by atoms with E-state index < -0.39 is 22.1 Å². The van der Waals surface area contributed by atoms with Crippen LogP contribution in [0.3, 0.4) is 0 Å². The van der Waals surface area contributed by atoms with E-state index in [4.69, 9.17) is 16.3 Å². The van der Waals surface area contributed by atoms with Crippen molar-refractivity contribution < 1.29 is 17.9 Å². The fourth-order valence-electron chi connectivity index (χ4n) is 2.38. The molecule has 1 aliphatic rings. The molecule has 3 rings (SSSR count). The Balaban J connectivity index is 1.76. The van der Waals surface area contributed by atoms with Crippen LogP contribution in [0.25, 0.3) is 0 Å². The van der Waals surface area contributed by atoms with E-state index >= 15 is 0 Å². The first-order valence-corrected chi connectivity index (χ1v) is 9.37. The maximum atomic E-state index is 12.4. The van der Waals surface area contributed by atoms with Gasteiger partial charge in [-0.3, -0.25) is 4.79 Å². The van der Waals surface area contributed by atoms with Crippen molar-refractivity contribution in [3.8, 4) is 5.75 Å². The summed E-state index contributed by atoms with van der Waals surface area (Å²) >= 11 is 5.84. The molecule has 1 atom stereocenters. The van der Waals surface area contributed by atoms with Gasteiger partial charge in [0.1, 0.15) is 10.6 Å². The zero-order chi connectivity index (χ0) is 18.0. The Labute approximate surface area is 150 Å². The van der Waals surface area contributed by atoms with E-state index in [1.165, 1.54) is 12.1 Å². The Morgan fingerprint density at radius 2 is 1.96 bits per heavy atom. The first-order chi connectivity index (χ1) is 11.9. The minimum atomic E-state index is -3.84. The van der Waals surface area contributed by atoms with E-state index in [1.54, 1.807) is 30.3 Å². The van der Waals surface area contributed by atoms with Crippen LogP contribution in [0.1, 0.15) is 6.92 Å². The molecule has 1 aliphatic heterocycles. The first kappa shape index (κ1) is 17.5. The van der Waals surface area contributed by atoms with Crippen LogP contribution in [0.4, 0.5) is 11.4 Å². The summed E-state index contributed by atoms with van der Waals surface area (Å²) in [6.45, 7) is 2.42. The molecule has 9 heteroatoms. The molecule has 0 radical (unpaired) electrons. The summed E-state index contributed by atoms with van der Waals surface area (Å²) in [7, 11) is -3.84. The minimum absolute atomic E-state index is 0.00474. The third-order valence-electron chi connectivity index (χ3n) is 3.50. The van der Waals surface area contributed by atoms with Crippen LogP contribution in [0, 0.1) is 0 Å². The zero-order valence-corrected chi connectivity index (χ0v) is 14.8. The average molecular weight is 382 g/mol. The molecule has 25 heavy (non-hydrogen) atoms. The number of rotatable bonds is 4. The molecule has 0 bridgehead atoms. The number of benzene rings is 2. The molecular formula is C16H16ClN3O4S. The van der Waals surface area contributed by atoms with Crippen LogP contribution < -0.4 is 20.1 Å². The van der Waals surface area contributed by atoms with E-state index in [-0.39, 0.29) is 4.90 Å². The Morgan fingerprint density at radius 3 is 2.64 bits per heavy atom. The molecule has 7 nitrogen and oxygen atoms in total. The fourth-order valence-corrected chi connectivity index (χ4v) is 3.91. The van der Waals surface area contributed by atoms with E-state index in [9.17, 15) is 13.2 Å². The SMILES string of the molecule is CCOc1ccc(NC(=O)[C@H]2Nc3ccc(Cl)cc3S(=O)(=O)N2)cc1. The monoisotopic (exact) mass is 381 g/mol. The molecule has 2 aromatic rings. The van der Waals surface area contributed by atoms with Crippen LogP contribution in [0.2, 0.25) is 5.02 Å². The molecule has 0 fully saturated rings. The number of ether oxygens (including phenoxy) is 1. The minimum Gasteiger partial charge on any atom is -0.494 e. The highest BCUT2D eigenvalue weighted by atomic mass is 35.5. The second kappa shape index (κ2) is 6.91. The summed E-state index contributed by atoms with van der Waals surface area (Å²) in [5.41, 5.74) is 0.839. The molecule has 0 aliphatic carbocycles. The lowest BCUT2D eigenvalue weighted by Crippen LogP contribution is -2.51. The number of carbonyl (C=O) groups is 1. The van der Waals surface area contributed by atoms with Gasteiger partial charge >= 0.3 is 0 Å². The van der Waals surface area contributed by atoms with Crippen molar-refractivity contribution in [2.45, 2.75) is 18.0 Å². The van der Waals surface area contributed by atoms with E-state index in [0.29, 0.717) is 28.8 Å². The second-order valence-corrected chi connectivity index (χ2v) is 7.40. The Hall–Kier alpha value is -2.29. The molecule has 3 N–H and O–H groups in total. The maximum Gasteiger partial charge on any atom is 0.262 e. The normalized spacial score (nSPS) is 17.9. The van der Waals surface area contributed by atoms with Crippen LogP contribution in [-0.2, 0) is 14.8 Å². The number of amides is 1. The second-order valence-electron chi connectivity index (χ2n) is 5.29. The van der Waals surface area contributed by atoms with Crippen LogP contribution >= 0.6 is 11.6 Å². The largest absolute Gasteiger partial charge is 0.494 e. The van der Waals surface area contributed by atoms with Gasteiger partial charge in [0.05, 0.1) is 12.3 Å². The summed E-state index contributed by atoms with van der Waals surface area (Å²) in [6, 6.07) is 11.2. The summed E-state index contributed by atoms with van der Waals surface area (Å²) in [4.78, 5) is 12.4. The molecular weight excluding hydrogens is 366 g/mol. The number of hydrogen-bond acceptors (Lipinski definition) is 5. The van der Waals surface area contributed by atoms with E-state index in [2.05, 4.69) is 15.4 Å². The molecule has 1 heterocycles. The van der Waals surface area contributed by atoms with Gasteiger partial charge < -0.3 is 15.4 Å². The number of sulfonamides is 1. The quantitative estimate of drug-likeness (QED) is 0.755. The molecule has 0 saturated heterocycles. The lowest BCUT2D eigenvalue weighted by Gasteiger charge is -2.27. The molecule has 0 aromatic heterocycles. The number of fused-ring (bicyclic) bond motifs is 1. The fraction of sp³-hybridized carbons (Fsp3) is 0.188. The summed E-state index contributed by atoms with van der Waals surface area (Å²) in [6.07, 6.45) is -1.13. The molecule has 0 saturated carbocycles. The lowest BCUT2D eigenvalue weighted by atomic mass is 10.2. The van der Waals surface area contributed by atoms with Crippen molar-refractivity contribution in [3.05, 3.63) is 47.5 Å². The maximum absolute atomic E-state index is 12.4. The predicted octanol–water partition coefficient (Wildman–Crippen LogP) is 2.41. The Bertz CT molecular complexity index is 900. The van der Waals surface area contributed by atoms with Crippen LogP contribution in [-0.4, -0.2) is 27.1 Å².